The highest BCUT2D eigenvalue weighted by Gasteiger charge is 2.15. The molecule has 0 amide bonds. The van der Waals surface area contributed by atoms with E-state index in [1.54, 1.807) is 0 Å². The van der Waals surface area contributed by atoms with E-state index in [9.17, 15) is 18.3 Å². The van der Waals surface area contributed by atoms with Crippen molar-refractivity contribution < 1.29 is 18.3 Å². The van der Waals surface area contributed by atoms with Crippen molar-refractivity contribution in [3.63, 3.8) is 0 Å². The number of aliphatic hydroxyl groups is 1. The molecule has 0 aromatic heterocycles. The Hall–Kier alpha value is -1.81. The van der Waals surface area contributed by atoms with E-state index in [-0.39, 0.29) is 5.56 Å². The highest BCUT2D eigenvalue weighted by atomic mass is 19.2. The Bertz CT molecular complexity index is 532. The maximum Gasteiger partial charge on any atom is 0.194 e. The van der Waals surface area contributed by atoms with Crippen molar-refractivity contribution in [2.75, 3.05) is 0 Å². The summed E-state index contributed by atoms with van der Waals surface area (Å²) in [6.45, 7) is 0. The van der Waals surface area contributed by atoms with Crippen LogP contribution in [0.2, 0.25) is 0 Å². The maximum atomic E-state index is 13.0. The number of hydrogen-bond donors (Lipinski definition) is 1. The Kier molecular flexibility index (Phi) is 4.22. The Morgan fingerprint density at radius 3 is 2.11 bits per heavy atom. The molecular weight excluding hydrogens is 253 g/mol. The maximum absolute atomic E-state index is 13.0. The quantitative estimate of drug-likeness (QED) is 0.835. The number of hydrogen-bond acceptors (Lipinski definition) is 1. The van der Waals surface area contributed by atoms with Crippen LogP contribution in [0, 0.1) is 17.5 Å². The lowest BCUT2D eigenvalue weighted by atomic mass is 10.0. The van der Waals surface area contributed by atoms with Crippen LogP contribution in [0.15, 0.2) is 42.5 Å². The third kappa shape index (κ3) is 3.35. The number of benzene rings is 2. The third-order valence-corrected chi connectivity index (χ3v) is 2.94. The van der Waals surface area contributed by atoms with Crippen molar-refractivity contribution in [3.05, 3.63) is 71.0 Å². The molecule has 2 aromatic rings. The molecule has 0 saturated heterocycles. The van der Waals surface area contributed by atoms with Crippen LogP contribution < -0.4 is 0 Å². The van der Waals surface area contributed by atoms with E-state index in [1.165, 1.54) is 0 Å². The number of halogens is 3. The average Bonchev–Trinajstić information content (AvgIpc) is 2.42. The molecular formula is C15H13F3O. The Balaban J connectivity index is 2.06. The number of aryl methyl sites for hydroxylation is 1. The first-order valence-corrected chi connectivity index (χ1v) is 5.94. The van der Waals surface area contributed by atoms with Gasteiger partial charge in [-0.3, -0.25) is 0 Å². The summed E-state index contributed by atoms with van der Waals surface area (Å²) in [4.78, 5) is 0. The molecule has 0 radical (unpaired) electrons. The van der Waals surface area contributed by atoms with Crippen molar-refractivity contribution in [3.8, 4) is 0 Å². The van der Waals surface area contributed by atoms with E-state index in [2.05, 4.69) is 0 Å². The van der Waals surface area contributed by atoms with Crippen LogP contribution >= 0.6 is 0 Å². The van der Waals surface area contributed by atoms with Gasteiger partial charge in [0.25, 0.3) is 0 Å². The topological polar surface area (TPSA) is 20.2 Å². The van der Waals surface area contributed by atoms with Crippen molar-refractivity contribution in [2.45, 2.75) is 18.9 Å². The molecule has 0 bridgehead atoms. The van der Waals surface area contributed by atoms with E-state index < -0.39 is 23.6 Å². The summed E-state index contributed by atoms with van der Waals surface area (Å²) in [6, 6.07) is 11.1. The minimum absolute atomic E-state index is 0.0485. The molecule has 2 aromatic carbocycles. The standard InChI is InChI=1S/C15H13F3O/c16-12-8-11(9-13(17)15(12)18)14(19)7-6-10-4-2-1-3-5-10/h1-5,8-9,14,19H,6-7H2. The molecule has 0 aliphatic carbocycles. The van der Waals surface area contributed by atoms with E-state index in [0.717, 1.165) is 17.7 Å². The van der Waals surface area contributed by atoms with Crippen LogP contribution in [0.4, 0.5) is 13.2 Å². The predicted octanol–water partition coefficient (Wildman–Crippen LogP) is 3.77. The first kappa shape index (κ1) is 13.6. The van der Waals surface area contributed by atoms with Gasteiger partial charge < -0.3 is 5.11 Å². The van der Waals surface area contributed by atoms with E-state index >= 15 is 0 Å². The summed E-state index contributed by atoms with van der Waals surface area (Å²) in [6.07, 6.45) is -0.137. The van der Waals surface area contributed by atoms with E-state index in [0.29, 0.717) is 12.8 Å². The summed E-state index contributed by atoms with van der Waals surface area (Å²) in [7, 11) is 0. The van der Waals surface area contributed by atoms with Crippen LogP contribution in [0.1, 0.15) is 23.7 Å². The largest absolute Gasteiger partial charge is 0.388 e. The molecule has 2 rings (SSSR count). The molecule has 0 saturated carbocycles. The third-order valence-electron chi connectivity index (χ3n) is 2.94. The second kappa shape index (κ2) is 5.89. The molecule has 1 N–H and O–H groups in total. The van der Waals surface area contributed by atoms with Crippen LogP contribution in [0.3, 0.4) is 0 Å². The summed E-state index contributed by atoms with van der Waals surface area (Å²) >= 11 is 0. The Morgan fingerprint density at radius 1 is 0.947 bits per heavy atom. The van der Waals surface area contributed by atoms with E-state index in [1.807, 2.05) is 30.3 Å². The Morgan fingerprint density at radius 2 is 1.53 bits per heavy atom. The molecule has 1 nitrogen and oxygen atoms in total. The van der Waals surface area contributed by atoms with Crippen LogP contribution in [-0.4, -0.2) is 5.11 Å². The van der Waals surface area contributed by atoms with Crippen molar-refractivity contribution in [2.24, 2.45) is 0 Å². The molecule has 0 heterocycles. The molecule has 100 valence electrons. The first-order chi connectivity index (χ1) is 9.08. The lowest BCUT2D eigenvalue weighted by Crippen LogP contribution is -2.03. The fraction of sp³-hybridized carbons (Fsp3) is 0.200. The van der Waals surface area contributed by atoms with Gasteiger partial charge in [-0.15, -0.1) is 0 Å². The van der Waals surface area contributed by atoms with Gasteiger partial charge in [0.2, 0.25) is 0 Å². The molecule has 1 atom stereocenters. The fourth-order valence-electron chi connectivity index (χ4n) is 1.88. The molecule has 19 heavy (non-hydrogen) atoms. The van der Waals surface area contributed by atoms with Crippen LogP contribution in [0.5, 0.6) is 0 Å². The van der Waals surface area contributed by atoms with Crippen LogP contribution in [0.25, 0.3) is 0 Å². The monoisotopic (exact) mass is 266 g/mol. The van der Waals surface area contributed by atoms with Crippen molar-refractivity contribution in [1.29, 1.82) is 0 Å². The van der Waals surface area contributed by atoms with Crippen molar-refractivity contribution >= 4 is 0 Å². The lowest BCUT2D eigenvalue weighted by Gasteiger charge is -2.11. The molecule has 0 aliphatic heterocycles. The summed E-state index contributed by atoms with van der Waals surface area (Å²) in [5.41, 5.74) is 1.07. The smallest absolute Gasteiger partial charge is 0.194 e. The van der Waals surface area contributed by atoms with Gasteiger partial charge in [0.1, 0.15) is 0 Å². The normalized spacial score (nSPS) is 12.4. The molecule has 0 spiro atoms. The first-order valence-electron chi connectivity index (χ1n) is 5.94. The van der Waals surface area contributed by atoms with Gasteiger partial charge in [0, 0.05) is 0 Å². The highest BCUT2D eigenvalue weighted by Crippen LogP contribution is 2.22. The number of aliphatic hydroxyl groups excluding tert-OH is 1. The fourth-order valence-corrected chi connectivity index (χ4v) is 1.88. The molecule has 0 fully saturated rings. The Labute approximate surface area is 109 Å². The van der Waals surface area contributed by atoms with Gasteiger partial charge in [-0.25, -0.2) is 13.2 Å². The summed E-state index contributed by atoms with van der Waals surface area (Å²) in [5, 5.41) is 9.87. The van der Waals surface area contributed by atoms with Gasteiger partial charge in [0.05, 0.1) is 6.10 Å². The van der Waals surface area contributed by atoms with Crippen LogP contribution in [-0.2, 0) is 6.42 Å². The van der Waals surface area contributed by atoms with Gasteiger partial charge in [-0.05, 0) is 36.1 Å². The minimum Gasteiger partial charge on any atom is -0.388 e. The van der Waals surface area contributed by atoms with Gasteiger partial charge in [0.15, 0.2) is 17.5 Å². The second-order valence-corrected chi connectivity index (χ2v) is 4.34. The second-order valence-electron chi connectivity index (χ2n) is 4.34. The average molecular weight is 266 g/mol. The van der Waals surface area contributed by atoms with Crippen molar-refractivity contribution in [1.82, 2.24) is 0 Å². The molecule has 4 heteroatoms. The summed E-state index contributed by atoms with van der Waals surface area (Å²) < 4.78 is 38.9. The SMILES string of the molecule is OC(CCc1ccccc1)c1cc(F)c(F)c(F)c1. The minimum atomic E-state index is -1.51. The zero-order chi connectivity index (χ0) is 13.8. The molecule has 1 unspecified atom stereocenters. The number of rotatable bonds is 4. The van der Waals surface area contributed by atoms with Gasteiger partial charge in [-0.2, -0.15) is 0 Å². The predicted molar refractivity (Wildman–Crippen MR) is 66.0 cm³/mol. The zero-order valence-electron chi connectivity index (χ0n) is 10.1. The zero-order valence-corrected chi connectivity index (χ0v) is 10.1. The molecule has 0 aliphatic rings. The summed E-state index contributed by atoms with van der Waals surface area (Å²) in [5.74, 6) is -4.08. The van der Waals surface area contributed by atoms with E-state index in [4.69, 9.17) is 0 Å². The lowest BCUT2D eigenvalue weighted by molar-refractivity contribution is 0.166. The van der Waals surface area contributed by atoms with Gasteiger partial charge >= 0.3 is 0 Å². The van der Waals surface area contributed by atoms with Gasteiger partial charge in [-0.1, -0.05) is 30.3 Å². The highest BCUT2D eigenvalue weighted by molar-refractivity contribution is 5.22.